The molecule has 1 amide bonds. The summed E-state index contributed by atoms with van der Waals surface area (Å²) in [5.41, 5.74) is 0.801. The molecular formula is C43H57N5O11. The summed E-state index contributed by atoms with van der Waals surface area (Å²) in [6.45, 7) is 15.6. The van der Waals surface area contributed by atoms with Crippen LogP contribution in [0.2, 0.25) is 0 Å². The number of benzene rings is 2. The molecule has 6 rings (SSSR count). The molecule has 0 unspecified atom stereocenters. The maximum Gasteiger partial charge on any atom is 0.312 e. The molecule has 0 saturated carbocycles. The van der Waals surface area contributed by atoms with Gasteiger partial charge in [-0.2, -0.15) is 0 Å². The fourth-order valence-electron chi connectivity index (χ4n) is 8.37. The number of aromatic hydroxyl groups is 2. The molecule has 59 heavy (non-hydrogen) atoms. The van der Waals surface area contributed by atoms with Gasteiger partial charge < -0.3 is 59.5 Å². The Balaban J connectivity index is 1.54. The zero-order chi connectivity index (χ0) is 43.2. The second kappa shape index (κ2) is 16.8. The molecule has 3 aliphatic rings. The molecule has 16 heteroatoms. The van der Waals surface area contributed by atoms with Gasteiger partial charge >= 0.3 is 11.8 Å². The average Bonchev–Trinajstić information content (AvgIpc) is 3.76. The Kier molecular flexibility index (Phi) is 12.4. The van der Waals surface area contributed by atoms with Crippen molar-refractivity contribution in [3.05, 3.63) is 47.3 Å². The number of amides is 1. The van der Waals surface area contributed by atoms with Crippen LogP contribution in [0.4, 0.5) is 11.6 Å². The number of carbonyl (C=O) groups is 3. The van der Waals surface area contributed by atoms with Crippen LogP contribution in [0, 0.1) is 30.6 Å². The van der Waals surface area contributed by atoms with E-state index in [9.17, 15) is 34.8 Å². The van der Waals surface area contributed by atoms with E-state index in [0.29, 0.717) is 19.0 Å². The van der Waals surface area contributed by atoms with Crippen LogP contribution in [0.15, 0.2) is 36.1 Å². The second-order valence-electron chi connectivity index (χ2n) is 16.4. The lowest BCUT2D eigenvalue weighted by atomic mass is 9.78. The molecular weight excluding hydrogens is 762 g/mol. The number of rotatable bonds is 3. The number of aromatic amines is 1. The molecule has 4 bridgehead atoms. The Labute approximate surface area is 343 Å². The van der Waals surface area contributed by atoms with Crippen molar-refractivity contribution < 1.29 is 53.8 Å². The van der Waals surface area contributed by atoms with Crippen molar-refractivity contribution in [2.75, 3.05) is 50.6 Å². The molecule has 4 heterocycles. The molecule has 16 nitrogen and oxygen atoms in total. The Morgan fingerprint density at radius 2 is 1.64 bits per heavy atom. The molecule has 1 aromatic heterocycles. The van der Waals surface area contributed by atoms with Crippen LogP contribution in [0.1, 0.15) is 64.4 Å². The topological polar surface area (TPSA) is 216 Å². The van der Waals surface area contributed by atoms with Crippen LogP contribution >= 0.6 is 0 Å². The number of fused-ring (bicyclic) bond motifs is 1. The van der Waals surface area contributed by atoms with Crippen LogP contribution in [-0.4, -0.2) is 123 Å². The number of imidazole rings is 1. The molecule has 1 saturated heterocycles. The van der Waals surface area contributed by atoms with Crippen molar-refractivity contribution in [3.63, 3.8) is 0 Å². The number of piperazine rings is 1. The number of hydrogen-bond donors (Lipinski definition) is 6. The summed E-state index contributed by atoms with van der Waals surface area (Å²) in [4.78, 5) is 53.2. The number of H-pyrrole nitrogens is 1. The standard InChI is InChI=1S/C43H57N5O11/c1-20-12-11-13-21(2)41(55)44-33-32-31(45-42(46-32)48-17-15-47(9)16-18-48)28-29(37(33)53)36(52)25(6)39-30(28)40(54)43(8,59-39)57-19-14-27(56-10)22(3)38(58-26(7)49)24(5)35(51)23(4)34(20)50/h11-14,19-20,22-24,27,34-35,38,50-53H,15-18H2,1-10H3,(H,44,55)(H,45,46)/b12-11+,19-14+,21-13-/t20-,22+,23+,24+,27-,34-,35+,38+,43-/m0/s1. The largest absolute Gasteiger partial charge is 0.507 e. The third kappa shape index (κ3) is 7.98. The van der Waals surface area contributed by atoms with E-state index in [-0.39, 0.29) is 55.7 Å². The Bertz CT molecular complexity index is 2220. The number of hydrogen-bond acceptors (Lipinski definition) is 14. The summed E-state index contributed by atoms with van der Waals surface area (Å²) in [6.07, 6.45) is 3.92. The summed E-state index contributed by atoms with van der Waals surface area (Å²) in [5.74, 6) is -6.49. The van der Waals surface area contributed by atoms with E-state index < -0.39 is 77.3 Å². The van der Waals surface area contributed by atoms with Crippen molar-refractivity contribution in [2.45, 2.75) is 85.6 Å². The Morgan fingerprint density at radius 3 is 2.29 bits per heavy atom. The number of Topliss-reactive ketones (excluding diaryl/α,β-unsaturated/α-hetero) is 1. The van der Waals surface area contributed by atoms with Gasteiger partial charge in [0.05, 0.1) is 41.0 Å². The summed E-state index contributed by atoms with van der Waals surface area (Å²) >= 11 is 0. The molecule has 320 valence electrons. The van der Waals surface area contributed by atoms with Gasteiger partial charge in [-0.25, -0.2) is 4.98 Å². The first-order valence-electron chi connectivity index (χ1n) is 20.0. The van der Waals surface area contributed by atoms with Crippen molar-refractivity contribution in [1.82, 2.24) is 14.9 Å². The number of aromatic nitrogens is 2. The number of ether oxygens (including phenoxy) is 4. The highest BCUT2D eigenvalue weighted by atomic mass is 16.7. The molecule has 9 atom stereocenters. The van der Waals surface area contributed by atoms with Gasteiger partial charge in [0.25, 0.3) is 11.7 Å². The summed E-state index contributed by atoms with van der Waals surface area (Å²) in [5, 5.41) is 49.5. The second-order valence-corrected chi connectivity index (χ2v) is 16.4. The van der Waals surface area contributed by atoms with Gasteiger partial charge in [-0.1, -0.05) is 45.9 Å². The fourth-order valence-corrected chi connectivity index (χ4v) is 8.37. The van der Waals surface area contributed by atoms with Gasteiger partial charge in [0.15, 0.2) is 5.75 Å². The van der Waals surface area contributed by atoms with Crippen LogP contribution in [0.5, 0.6) is 17.2 Å². The van der Waals surface area contributed by atoms with Crippen LogP contribution in [0.25, 0.3) is 21.8 Å². The number of phenolic OH excluding ortho intramolecular Hbond substituents is 2. The van der Waals surface area contributed by atoms with E-state index in [4.69, 9.17) is 23.9 Å². The van der Waals surface area contributed by atoms with Gasteiger partial charge in [-0.15, -0.1) is 0 Å². The minimum Gasteiger partial charge on any atom is -0.507 e. The van der Waals surface area contributed by atoms with Crippen LogP contribution < -0.4 is 15.0 Å². The molecule has 0 spiro atoms. The van der Waals surface area contributed by atoms with Crippen molar-refractivity contribution in [3.8, 4) is 17.2 Å². The van der Waals surface area contributed by atoms with E-state index in [1.165, 1.54) is 27.2 Å². The average molecular weight is 820 g/mol. The molecule has 0 radical (unpaired) electrons. The SMILES string of the molecule is CO[C@H]1/C=C/O[C@@]2(C)Oc3c(C)c(O)c4c(O)c(c5[nH]c(N6CCN(C)CC6)nc5c4c3C2=O)NC(=O)/C(C)=C\C=C\[C@H](C)[C@H](O)[C@@H](C)[C@@H](O)[C@@H](C)[C@H](OC(C)=O)[C@@H]1C. The minimum atomic E-state index is -1.96. The number of aliphatic hydroxyl groups is 2. The number of likely N-dealkylation sites (N-methyl/N-ethyl adjacent to an activating group) is 1. The molecule has 3 aromatic rings. The van der Waals surface area contributed by atoms with Gasteiger partial charge in [0, 0.05) is 87.3 Å². The number of carbonyl (C=O) groups excluding carboxylic acids is 3. The quantitative estimate of drug-likeness (QED) is 0.156. The third-order valence-electron chi connectivity index (χ3n) is 12.3. The zero-order valence-electron chi connectivity index (χ0n) is 35.3. The van der Waals surface area contributed by atoms with Gasteiger partial charge in [-0.05, 0) is 27.0 Å². The number of methoxy groups -OCH3 is 1. The normalized spacial score (nSPS) is 32.1. The van der Waals surface area contributed by atoms with E-state index in [2.05, 4.69) is 15.2 Å². The maximum atomic E-state index is 14.6. The number of esters is 1. The predicted octanol–water partition coefficient (Wildman–Crippen LogP) is 4.68. The monoisotopic (exact) mass is 819 g/mol. The lowest BCUT2D eigenvalue weighted by Gasteiger charge is -2.38. The van der Waals surface area contributed by atoms with Crippen molar-refractivity contribution in [1.29, 1.82) is 0 Å². The van der Waals surface area contributed by atoms with Gasteiger partial charge in [0.1, 0.15) is 28.8 Å². The molecule has 0 aliphatic carbocycles. The summed E-state index contributed by atoms with van der Waals surface area (Å²) in [7, 11) is 3.49. The first kappa shape index (κ1) is 43.4. The van der Waals surface area contributed by atoms with Crippen LogP contribution in [0.3, 0.4) is 0 Å². The molecule has 2 aromatic carbocycles. The number of allylic oxidation sites excluding steroid dienone is 2. The minimum absolute atomic E-state index is 0.0243. The summed E-state index contributed by atoms with van der Waals surface area (Å²) < 4.78 is 23.9. The highest BCUT2D eigenvalue weighted by Crippen LogP contribution is 2.54. The third-order valence-corrected chi connectivity index (χ3v) is 12.3. The highest BCUT2D eigenvalue weighted by Gasteiger charge is 2.50. The lowest BCUT2D eigenvalue weighted by molar-refractivity contribution is -0.160. The molecule has 6 N–H and O–H groups in total. The van der Waals surface area contributed by atoms with Gasteiger partial charge in [0.2, 0.25) is 5.95 Å². The van der Waals surface area contributed by atoms with E-state index >= 15 is 0 Å². The number of phenols is 2. The maximum absolute atomic E-state index is 14.6. The fraction of sp³-hybridized carbons (Fsp3) is 0.535. The van der Waals surface area contributed by atoms with E-state index in [0.717, 1.165) is 13.1 Å². The van der Waals surface area contributed by atoms with E-state index in [1.807, 2.05) is 11.9 Å². The van der Waals surface area contributed by atoms with Crippen molar-refractivity contribution >= 4 is 51.1 Å². The number of ketones is 1. The highest BCUT2D eigenvalue weighted by molar-refractivity contribution is 6.28. The molecule has 3 aliphatic heterocycles. The first-order valence-corrected chi connectivity index (χ1v) is 20.0. The Morgan fingerprint density at radius 1 is 0.966 bits per heavy atom. The summed E-state index contributed by atoms with van der Waals surface area (Å²) in [6, 6.07) is 0. The molecule has 1 fully saturated rings. The van der Waals surface area contributed by atoms with Gasteiger partial charge in [-0.3, -0.25) is 14.4 Å². The first-order chi connectivity index (χ1) is 27.8. The van der Waals surface area contributed by atoms with E-state index in [1.54, 1.807) is 65.8 Å². The van der Waals surface area contributed by atoms with Crippen LogP contribution in [-0.2, 0) is 23.8 Å². The van der Waals surface area contributed by atoms with Crippen molar-refractivity contribution in [2.24, 2.45) is 23.7 Å². The Hall–Kier alpha value is -5.16. The number of nitrogens with zero attached hydrogens (tertiary/aromatic N) is 3. The number of nitrogens with one attached hydrogen (secondary N) is 2. The number of anilines is 2. The zero-order valence-corrected chi connectivity index (χ0v) is 35.3. The predicted molar refractivity (Wildman–Crippen MR) is 222 cm³/mol. The smallest absolute Gasteiger partial charge is 0.312 e. The lowest BCUT2D eigenvalue weighted by Crippen LogP contribution is -2.46. The number of aliphatic hydroxyl groups excluding tert-OH is 2.